The van der Waals surface area contributed by atoms with Crippen LogP contribution in [0.4, 0.5) is 0 Å². The van der Waals surface area contributed by atoms with Crippen molar-refractivity contribution in [1.29, 1.82) is 0 Å². The van der Waals surface area contributed by atoms with E-state index in [-0.39, 0.29) is 11.9 Å². The van der Waals surface area contributed by atoms with Gasteiger partial charge in [-0.1, -0.05) is 18.9 Å². The van der Waals surface area contributed by atoms with E-state index < -0.39 is 0 Å². The molecule has 3 N–H and O–H groups in total. The number of rotatable bonds is 6. The molecule has 2 aromatic rings. The fraction of sp³-hybridized carbons (Fsp3) is 0.412. The summed E-state index contributed by atoms with van der Waals surface area (Å²) in [5.74, 6) is 0.282. The van der Waals surface area contributed by atoms with Crippen LogP contribution in [0.3, 0.4) is 0 Å². The minimum atomic E-state index is -0.362. The summed E-state index contributed by atoms with van der Waals surface area (Å²) in [6, 6.07) is 8.25. The third kappa shape index (κ3) is 3.54. The van der Waals surface area contributed by atoms with Gasteiger partial charge < -0.3 is 11.1 Å². The molecule has 0 unspecified atom stereocenters. The number of pyridine rings is 1. The number of primary amides is 1. The van der Waals surface area contributed by atoms with Crippen LogP contribution >= 0.6 is 11.3 Å². The Bertz CT molecular complexity index is 620. The van der Waals surface area contributed by atoms with E-state index in [0.29, 0.717) is 11.5 Å². The van der Waals surface area contributed by atoms with Gasteiger partial charge in [-0.2, -0.15) is 0 Å². The molecule has 1 aliphatic rings. The summed E-state index contributed by atoms with van der Waals surface area (Å²) in [5, 5.41) is 5.47. The Hall–Kier alpha value is -1.72. The zero-order valence-electron chi connectivity index (χ0n) is 12.5. The highest BCUT2D eigenvalue weighted by atomic mass is 32.1. The van der Waals surface area contributed by atoms with Crippen molar-refractivity contribution < 1.29 is 4.79 Å². The molecule has 1 saturated carbocycles. The molecule has 0 spiro atoms. The highest BCUT2D eigenvalue weighted by Crippen LogP contribution is 2.35. The van der Waals surface area contributed by atoms with Crippen molar-refractivity contribution in [1.82, 2.24) is 10.3 Å². The van der Waals surface area contributed by atoms with Crippen LogP contribution in [0.25, 0.3) is 0 Å². The quantitative estimate of drug-likeness (QED) is 0.859. The van der Waals surface area contributed by atoms with Crippen LogP contribution in [0.5, 0.6) is 0 Å². The highest BCUT2D eigenvalue weighted by molar-refractivity contribution is 7.10. The van der Waals surface area contributed by atoms with Gasteiger partial charge in [-0.3, -0.25) is 9.78 Å². The first-order chi connectivity index (χ1) is 10.7. The van der Waals surface area contributed by atoms with Crippen LogP contribution in [-0.2, 0) is 6.54 Å². The Morgan fingerprint density at radius 3 is 2.86 bits per heavy atom. The Balaban J connectivity index is 1.71. The van der Waals surface area contributed by atoms with Gasteiger partial charge in [0.25, 0.3) is 0 Å². The van der Waals surface area contributed by atoms with Gasteiger partial charge in [-0.25, -0.2) is 0 Å². The normalized spacial score (nSPS) is 16.7. The molecule has 2 heterocycles. The average Bonchev–Trinajstić information content (AvgIpc) is 3.20. The fourth-order valence-corrected chi connectivity index (χ4v) is 4.00. The molecule has 1 aliphatic carbocycles. The van der Waals surface area contributed by atoms with Crippen LogP contribution in [0, 0.1) is 5.92 Å². The molecule has 5 heteroatoms. The lowest BCUT2D eigenvalue weighted by molar-refractivity contribution is 0.100. The maximum atomic E-state index is 11.2. The lowest BCUT2D eigenvalue weighted by Crippen LogP contribution is -2.27. The second-order valence-corrected chi connectivity index (χ2v) is 6.82. The van der Waals surface area contributed by atoms with Gasteiger partial charge >= 0.3 is 0 Å². The van der Waals surface area contributed by atoms with E-state index in [9.17, 15) is 4.79 Å². The molecule has 0 aliphatic heterocycles. The zero-order valence-corrected chi connectivity index (χ0v) is 13.3. The standard InChI is InChI=1S/C17H21N3OS/c18-17(21)13-9-14(22-11-13)10-20-16(12-5-1-2-6-12)15-7-3-4-8-19-15/h3-4,7-9,11-12,16,20H,1-2,5-6,10H2,(H2,18,21)/t16-/m0/s1. The molecule has 2 aromatic heterocycles. The third-order valence-corrected chi connectivity index (χ3v) is 5.25. The molecule has 0 aromatic carbocycles. The smallest absolute Gasteiger partial charge is 0.249 e. The fourth-order valence-electron chi connectivity index (χ4n) is 3.18. The van der Waals surface area contributed by atoms with Gasteiger partial charge in [0.05, 0.1) is 17.3 Å². The summed E-state index contributed by atoms with van der Waals surface area (Å²) in [6.07, 6.45) is 6.98. The predicted octanol–water partition coefficient (Wildman–Crippen LogP) is 3.26. The van der Waals surface area contributed by atoms with Crippen LogP contribution in [0.1, 0.15) is 52.7 Å². The number of nitrogens with zero attached hydrogens (tertiary/aromatic N) is 1. The van der Waals surface area contributed by atoms with Crippen molar-refractivity contribution in [3.63, 3.8) is 0 Å². The Kier molecular flexibility index (Phi) is 4.85. The molecule has 0 bridgehead atoms. The number of thiophene rings is 1. The number of hydrogen-bond donors (Lipinski definition) is 2. The van der Waals surface area contributed by atoms with E-state index >= 15 is 0 Å². The molecule has 1 amide bonds. The Labute approximate surface area is 134 Å². The van der Waals surface area contributed by atoms with Crippen LogP contribution < -0.4 is 11.1 Å². The van der Waals surface area contributed by atoms with E-state index in [1.165, 1.54) is 25.7 Å². The van der Waals surface area contributed by atoms with Gasteiger partial charge in [0.2, 0.25) is 5.91 Å². The summed E-state index contributed by atoms with van der Waals surface area (Å²) in [6.45, 7) is 0.746. The van der Waals surface area contributed by atoms with E-state index in [0.717, 1.165) is 17.1 Å². The second-order valence-electron chi connectivity index (χ2n) is 5.82. The molecule has 4 nitrogen and oxygen atoms in total. The molecular formula is C17H21N3OS. The van der Waals surface area contributed by atoms with Crippen LogP contribution in [0.15, 0.2) is 35.8 Å². The molecule has 3 rings (SSSR count). The number of hydrogen-bond acceptors (Lipinski definition) is 4. The number of carbonyl (C=O) groups is 1. The van der Waals surface area contributed by atoms with E-state index in [4.69, 9.17) is 5.73 Å². The van der Waals surface area contributed by atoms with Gasteiger partial charge in [-0.05, 0) is 37.0 Å². The summed E-state index contributed by atoms with van der Waals surface area (Å²) in [4.78, 5) is 16.8. The average molecular weight is 315 g/mol. The number of nitrogens with two attached hydrogens (primary N) is 1. The van der Waals surface area contributed by atoms with Gasteiger partial charge in [-0.15, -0.1) is 11.3 Å². The van der Waals surface area contributed by atoms with Gasteiger partial charge in [0, 0.05) is 23.0 Å². The second kappa shape index (κ2) is 7.03. The molecule has 1 atom stereocenters. The number of amides is 1. The lowest BCUT2D eigenvalue weighted by atomic mass is 9.95. The lowest BCUT2D eigenvalue weighted by Gasteiger charge is -2.24. The molecule has 116 valence electrons. The van der Waals surface area contributed by atoms with E-state index in [1.807, 2.05) is 29.8 Å². The molecule has 1 fully saturated rings. The monoisotopic (exact) mass is 315 g/mol. The van der Waals surface area contributed by atoms with Crippen molar-refractivity contribution in [2.24, 2.45) is 11.7 Å². The number of carbonyl (C=O) groups excluding carboxylic acids is 1. The Morgan fingerprint density at radius 1 is 1.41 bits per heavy atom. The summed E-state index contributed by atoms with van der Waals surface area (Å²) < 4.78 is 0. The van der Waals surface area contributed by atoms with Gasteiger partial charge in [0.15, 0.2) is 0 Å². The van der Waals surface area contributed by atoms with Crippen molar-refractivity contribution in [2.75, 3.05) is 0 Å². The zero-order chi connectivity index (χ0) is 15.4. The molecule has 0 radical (unpaired) electrons. The van der Waals surface area contributed by atoms with Gasteiger partial charge in [0.1, 0.15) is 0 Å². The van der Waals surface area contributed by atoms with Crippen molar-refractivity contribution >= 4 is 17.2 Å². The SMILES string of the molecule is NC(=O)c1csc(CN[C@H](c2ccccn2)C2CCCC2)c1. The Morgan fingerprint density at radius 2 is 2.23 bits per heavy atom. The van der Waals surface area contributed by atoms with E-state index in [2.05, 4.69) is 16.4 Å². The summed E-state index contributed by atoms with van der Waals surface area (Å²) >= 11 is 1.57. The van der Waals surface area contributed by atoms with E-state index in [1.54, 1.807) is 11.3 Å². The molecule has 22 heavy (non-hydrogen) atoms. The summed E-state index contributed by atoms with van der Waals surface area (Å²) in [5.41, 5.74) is 7.02. The minimum absolute atomic E-state index is 0.280. The van der Waals surface area contributed by atoms with Crippen LogP contribution in [0.2, 0.25) is 0 Å². The van der Waals surface area contributed by atoms with Crippen molar-refractivity contribution in [3.8, 4) is 0 Å². The predicted molar refractivity (Wildman–Crippen MR) is 88.6 cm³/mol. The first-order valence-electron chi connectivity index (χ1n) is 7.75. The summed E-state index contributed by atoms with van der Waals surface area (Å²) in [7, 11) is 0. The molecular weight excluding hydrogens is 294 g/mol. The van der Waals surface area contributed by atoms with Crippen LogP contribution in [-0.4, -0.2) is 10.9 Å². The van der Waals surface area contributed by atoms with Crippen molar-refractivity contribution in [2.45, 2.75) is 38.3 Å². The number of aromatic nitrogens is 1. The molecule has 0 saturated heterocycles. The largest absolute Gasteiger partial charge is 0.366 e. The highest BCUT2D eigenvalue weighted by Gasteiger charge is 2.26. The first-order valence-corrected chi connectivity index (χ1v) is 8.63. The maximum Gasteiger partial charge on any atom is 0.249 e. The topological polar surface area (TPSA) is 68.0 Å². The third-order valence-electron chi connectivity index (χ3n) is 4.31. The first kappa shape index (κ1) is 15.2. The number of nitrogens with one attached hydrogen (secondary N) is 1. The maximum absolute atomic E-state index is 11.2. The minimum Gasteiger partial charge on any atom is -0.366 e. The van der Waals surface area contributed by atoms with Crippen molar-refractivity contribution in [3.05, 3.63) is 52.0 Å².